The number of fused-ring (bicyclic) bond motifs is 1. The molecule has 7 heteroatoms. The van der Waals surface area contributed by atoms with Crippen LogP contribution in [0.25, 0.3) is 22.2 Å². The van der Waals surface area contributed by atoms with Gasteiger partial charge in [0.25, 0.3) is 0 Å². The van der Waals surface area contributed by atoms with Crippen LogP contribution in [0.4, 0.5) is 13.2 Å². The summed E-state index contributed by atoms with van der Waals surface area (Å²) in [5.74, 6) is -0.867. The van der Waals surface area contributed by atoms with Crippen LogP contribution in [0.1, 0.15) is 24.5 Å². The lowest BCUT2D eigenvalue weighted by Gasteiger charge is -2.09. The summed E-state index contributed by atoms with van der Waals surface area (Å²) in [6.07, 6.45) is 4.72. The van der Waals surface area contributed by atoms with Gasteiger partial charge in [-0.05, 0) is 54.0 Å². The number of ether oxygens (including phenoxy) is 1. The zero-order valence-electron chi connectivity index (χ0n) is 17.3. The molecule has 4 rings (SSSR count). The second-order valence-corrected chi connectivity index (χ2v) is 7.82. The summed E-state index contributed by atoms with van der Waals surface area (Å²) in [4.78, 5) is 8.66. The minimum Gasteiger partial charge on any atom is -0.490 e. The van der Waals surface area contributed by atoms with Gasteiger partial charge in [-0.25, -0.2) is 23.1 Å². The molecule has 0 radical (unpaired) electrons. The van der Waals surface area contributed by atoms with Crippen LogP contribution in [-0.4, -0.2) is 16.6 Å². The highest BCUT2D eigenvalue weighted by Crippen LogP contribution is 2.28. The molecule has 4 aromatic rings. The first-order chi connectivity index (χ1) is 15.5. The van der Waals surface area contributed by atoms with E-state index < -0.39 is 16.7 Å². The van der Waals surface area contributed by atoms with E-state index in [9.17, 15) is 8.78 Å². The summed E-state index contributed by atoms with van der Waals surface area (Å²) in [5, 5.41) is 0.637. The van der Waals surface area contributed by atoms with E-state index in [1.165, 1.54) is 12.1 Å². The standard InChI is InChI=1S/C25H20ClF3N2O/c1-2-9-32-19-13-30-25(31-14-19)18-7-8-20-17(12-18)6-5-16(24(20)29)4-3-15-10-21(27)23(26)22(28)11-15/h5-8,10-14H,2-4,9H2,1H3. The molecule has 3 aromatic carbocycles. The molecule has 0 N–H and O–H groups in total. The molecule has 0 spiro atoms. The van der Waals surface area contributed by atoms with Gasteiger partial charge in [-0.2, -0.15) is 0 Å². The average molecular weight is 457 g/mol. The molecule has 0 bridgehead atoms. The van der Waals surface area contributed by atoms with Crippen LogP contribution in [-0.2, 0) is 12.8 Å². The average Bonchev–Trinajstić information content (AvgIpc) is 2.81. The topological polar surface area (TPSA) is 35.0 Å². The fraction of sp³-hybridized carbons (Fsp3) is 0.200. The van der Waals surface area contributed by atoms with Gasteiger partial charge < -0.3 is 4.74 Å². The van der Waals surface area contributed by atoms with Crippen molar-refractivity contribution in [3.63, 3.8) is 0 Å². The van der Waals surface area contributed by atoms with E-state index in [1.807, 2.05) is 19.1 Å². The number of hydrogen-bond acceptors (Lipinski definition) is 3. The van der Waals surface area contributed by atoms with Crippen molar-refractivity contribution >= 4 is 22.4 Å². The smallest absolute Gasteiger partial charge is 0.159 e. The zero-order valence-corrected chi connectivity index (χ0v) is 18.1. The quantitative estimate of drug-likeness (QED) is 0.282. The normalized spacial score (nSPS) is 11.2. The van der Waals surface area contributed by atoms with E-state index in [4.69, 9.17) is 16.3 Å². The van der Waals surface area contributed by atoms with Crippen molar-refractivity contribution in [3.8, 4) is 17.1 Å². The number of nitrogens with zero attached hydrogens (tertiary/aromatic N) is 2. The maximum absolute atomic E-state index is 15.1. The van der Waals surface area contributed by atoms with Gasteiger partial charge in [-0.15, -0.1) is 0 Å². The van der Waals surface area contributed by atoms with Crippen molar-refractivity contribution in [2.75, 3.05) is 6.61 Å². The number of aromatic nitrogens is 2. The minimum atomic E-state index is -0.819. The highest BCUT2D eigenvalue weighted by Gasteiger charge is 2.12. The largest absolute Gasteiger partial charge is 0.490 e. The van der Waals surface area contributed by atoms with Gasteiger partial charge in [0, 0.05) is 10.9 Å². The van der Waals surface area contributed by atoms with Crippen LogP contribution in [0.5, 0.6) is 5.75 Å². The molecule has 0 saturated heterocycles. The van der Waals surface area contributed by atoms with Crippen LogP contribution in [0, 0.1) is 17.5 Å². The van der Waals surface area contributed by atoms with Crippen molar-refractivity contribution in [3.05, 3.63) is 88.5 Å². The van der Waals surface area contributed by atoms with Gasteiger partial charge in [0.2, 0.25) is 0 Å². The summed E-state index contributed by atoms with van der Waals surface area (Å²) in [6, 6.07) is 11.1. The Morgan fingerprint density at radius 3 is 2.31 bits per heavy atom. The summed E-state index contributed by atoms with van der Waals surface area (Å²) in [7, 11) is 0. The lowest BCUT2D eigenvalue weighted by Crippen LogP contribution is -1.98. The molecule has 0 aliphatic heterocycles. The van der Waals surface area contributed by atoms with E-state index >= 15 is 4.39 Å². The molecule has 0 atom stereocenters. The van der Waals surface area contributed by atoms with E-state index in [0.717, 1.165) is 12.0 Å². The van der Waals surface area contributed by atoms with Gasteiger partial charge >= 0.3 is 0 Å². The predicted octanol–water partition coefficient (Wildman–Crippen LogP) is 6.94. The van der Waals surface area contributed by atoms with Crippen LogP contribution in [0.3, 0.4) is 0 Å². The Kier molecular flexibility index (Phi) is 6.61. The fourth-order valence-electron chi connectivity index (χ4n) is 3.46. The Morgan fingerprint density at radius 1 is 0.906 bits per heavy atom. The van der Waals surface area contributed by atoms with Crippen LogP contribution >= 0.6 is 11.6 Å². The molecule has 32 heavy (non-hydrogen) atoms. The first-order valence-electron chi connectivity index (χ1n) is 10.3. The Balaban J connectivity index is 1.54. The molecule has 3 nitrogen and oxygen atoms in total. The van der Waals surface area contributed by atoms with Crippen LogP contribution in [0.15, 0.2) is 54.9 Å². The van der Waals surface area contributed by atoms with Crippen LogP contribution < -0.4 is 4.74 Å². The third kappa shape index (κ3) is 4.70. The molecule has 164 valence electrons. The molecule has 0 fully saturated rings. The summed E-state index contributed by atoms with van der Waals surface area (Å²) in [6.45, 7) is 2.62. The SMILES string of the molecule is CCCOc1cnc(-c2ccc3c(F)c(CCc4cc(F)c(Cl)c(F)c4)ccc3c2)nc1. The lowest BCUT2D eigenvalue weighted by atomic mass is 9.99. The summed E-state index contributed by atoms with van der Waals surface area (Å²) in [5.41, 5.74) is 1.65. The van der Waals surface area contributed by atoms with Gasteiger partial charge in [0.15, 0.2) is 11.6 Å². The monoisotopic (exact) mass is 456 g/mol. The van der Waals surface area contributed by atoms with Gasteiger partial charge in [0.05, 0.1) is 19.0 Å². The minimum absolute atomic E-state index is 0.284. The van der Waals surface area contributed by atoms with E-state index in [1.54, 1.807) is 30.6 Å². The molecule has 0 amide bonds. The Hall–Kier alpha value is -3.12. The Morgan fingerprint density at radius 2 is 1.62 bits per heavy atom. The third-order valence-electron chi connectivity index (χ3n) is 5.12. The molecular weight excluding hydrogens is 437 g/mol. The van der Waals surface area contributed by atoms with Crippen molar-refractivity contribution in [2.24, 2.45) is 0 Å². The molecule has 0 aliphatic carbocycles. The third-order valence-corrected chi connectivity index (χ3v) is 5.48. The summed E-state index contributed by atoms with van der Waals surface area (Å²) >= 11 is 5.52. The van der Waals surface area contributed by atoms with E-state index in [2.05, 4.69) is 9.97 Å². The molecular formula is C25H20ClF3N2O. The van der Waals surface area contributed by atoms with Gasteiger partial charge in [-0.3, -0.25) is 0 Å². The van der Waals surface area contributed by atoms with Crippen molar-refractivity contribution < 1.29 is 17.9 Å². The molecule has 1 heterocycles. The van der Waals surface area contributed by atoms with Gasteiger partial charge in [-0.1, -0.05) is 42.8 Å². The zero-order chi connectivity index (χ0) is 22.7. The number of aryl methyl sites for hydroxylation is 2. The van der Waals surface area contributed by atoms with Crippen LogP contribution in [0.2, 0.25) is 5.02 Å². The van der Waals surface area contributed by atoms with Crippen molar-refractivity contribution in [2.45, 2.75) is 26.2 Å². The first-order valence-corrected chi connectivity index (χ1v) is 10.6. The molecule has 0 aliphatic rings. The van der Waals surface area contributed by atoms with E-state index in [0.29, 0.717) is 46.5 Å². The van der Waals surface area contributed by atoms with Crippen molar-refractivity contribution in [1.29, 1.82) is 0 Å². The lowest BCUT2D eigenvalue weighted by molar-refractivity contribution is 0.315. The predicted molar refractivity (Wildman–Crippen MR) is 119 cm³/mol. The molecule has 1 aromatic heterocycles. The summed E-state index contributed by atoms with van der Waals surface area (Å²) < 4.78 is 47.9. The first kappa shape index (κ1) is 22.1. The van der Waals surface area contributed by atoms with Gasteiger partial charge in [0.1, 0.15) is 22.5 Å². The van der Waals surface area contributed by atoms with E-state index in [-0.39, 0.29) is 12.2 Å². The second kappa shape index (κ2) is 9.57. The maximum atomic E-state index is 15.1. The Labute approximate surface area is 188 Å². The number of halogens is 4. The highest BCUT2D eigenvalue weighted by atomic mass is 35.5. The second-order valence-electron chi connectivity index (χ2n) is 7.44. The fourth-order valence-corrected chi connectivity index (χ4v) is 3.57. The molecule has 0 saturated carbocycles. The number of hydrogen-bond donors (Lipinski definition) is 0. The maximum Gasteiger partial charge on any atom is 0.159 e. The van der Waals surface area contributed by atoms with Crippen molar-refractivity contribution in [1.82, 2.24) is 9.97 Å². The highest BCUT2D eigenvalue weighted by molar-refractivity contribution is 6.30. The number of benzene rings is 3. The molecule has 0 unspecified atom stereocenters. The number of rotatable bonds is 7. The Bertz CT molecular complexity index is 1240.